The molecule has 1 unspecified atom stereocenters. The van der Waals surface area contributed by atoms with E-state index in [1.807, 2.05) is 0 Å². The Kier molecular flexibility index (Phi) is 5.21. The van der Waals surface area contributed by atoms with Gasteiger partial charge in [-0.05, 0) is 33.2 Å². The summed E-state index contributed by atoms with van der Waals surface area (Å²) >= 11 is 1.80. The summed E-state index contributed by atoms with van der Waals surface area (Å²) in [6.07, 6.45) is 2.63. The molecular weight excluding hydrogens is 266 g/mol. The van der Waals surface area contributed by atoms with Crippen molar-refractivity contribution in [1.29, 1.82) is 0 Å². The van der Waals surface area contributed by atoms with Gasteiger partial charge in [0.2, 0.25) is 0 Å². The summed E-state index contributed by atoms with van der Waals surface area (Å²) in [5.74, 6) is 0. The first-order valence-corrected chi connectivity index (χ1v) is 8.66. The van der Waals surface area contributed by atoms with Gasteiger partial charge in [-0.15, -0.1) is 11.3 Å². The van der Waals surface area contributed by atoms with Gasteiger partial charge in [-0.1, -0.05) is 20.8 Å². The number of hydrogen-bond acceptors (Lipinski definition) is 4. The molecule has 1 atom stereocenters. The summed E-state index contributed by atoms with van der Waals surface area (Å²) < 4.78 is 0. The van der Waals surface area contributed by atoms with Crippen molar-refractivity contribution in [2.75, 3.05) is 13.1 Å². The molecule has 1 aliphatic heterocycles. The molecule has 1 fully saturated rings. The molecule has 2 heterocycles. The number of hydrogen-bond donors (Lipinski definition) is 1. The summed E-state index contributed by atoms with van der Waals surface area (Å²) in [5, 5.41) is 7.08. The van der Waals surface area contributed by atoms with Gasteiger partial charge in [0.1, 0.15) is 0 Å². The van der Waals surface area contributed by atoms with Crippen molar-refractivity contribution in [3.8, 4) is 0 Å². The van der Waals surface area contributed by atoms with E-state index in [1.54, 1.807) is 11.3 Å². The molecule has 1 aromatic heterocycles. The zero-order chi connectivity index (χ0) is 14.8. The largest absolute Gasteiger partial charge is 0.313 e. The molecule has 0 spiro atoms. The van der Waals surface area contributed by atoms with Crippen molar-refractivity contribution in [1.82, 2.24) is 15.2 Å². The second-order valence-corrected chi connectivity index (χ2v) is 8.07. The fourth-order valence-electron chi connectivity index (χ4n) is 2.59. The Hall–Kier alpha value is -0.450. The zero-order valence-corrected chi connectivity index (χ0v) is 14.4. The highest BCUT2D eigenvalue weighted by Gasteiger charge is 2.22. The van der Waals surface area contributed by atoms with Crippen LogP contribution in [0.3, 0.4) is 0 Å². The summed E-state index contributed by atoms with van der Waals surface area (Å²) in [7, 11) is 0. The number of aromatic nitrogens is 1. The standard InChI is InChI=1S/C16H29N3S/c1-12(2)19(9-13-7-6-8-17-13)10-14-11-20-15(18-14)16(3,4)5/h11-13,17H,6-10H2,1-5H3. The van der Waals surface area contributed by atoms with E-state index >= 15 is 0 Å². The van der Waals surface area contributed by atoms with Crippen molar-refractivity contribution < 1.29 is 0 Å². The highest BCUT2D eigenvalue weighted by Crippen LogP contribution is 2.26. The smallest absolute Gasteiger partial charge is 0.0982 e. The van der Waals surface area contributed by atoms with Crippen molar-refractivity contribution >= 4 is 11.3 Å². The lowest BCUT2D eigenvalue weighted by Crippen LogP contribution is -2.40. The molecule has 0 aliphatic carbocycles. The molecule has 0 amide bonds. The van der Waals surface area contributed by atoms with E-state index in [4.69, 9.17) is 4.98 Å². The number of thiazole rings is 1. The first-order chi connectivity index (χ1) is 9.36. The van der Waals surface area contributed by atoms with E-state index in [-0.39, 0.29) is 5.41 Å². The van der Waals surface area contributed by atoms with Gasteiger partial charge in [0.15, 0.2) is 0 Å². The Labute approximate surface area is 127 Å². The summed E-state index contributed by atoms with van der Waals surface area (Å²) in [6.45, 7) is 14.6. The molecule has 114 valence electrons. The minimum absolute atomic E-state index is 0.165. The van der Waals surface area contributed by atoms with Gasteiger partial charge in [-0.2, -0.15) is 0 Å². The first kappa shape index (κ1) is 15.9. The molecule has 2 rings (SSSR count). The highest BCUT2D eigenvalue weighted by atomic mass is 32.1. The molecule has 20 heavy (non-hydrogen) atoms. The van der Waals surface area contributed by atoms with Gasteiger partial charge in [0.25, 0.3) is 0 Å². The van der Waals surface area contributed by atoms with Crippen LogP contribution in [0, 0.1) is 0 Å². The van der Waals surface area contributed by atoms with Crippen molar-refractivity contribution in [3.05, 3.63) is 16.1 Å². The molecule has 1 saturated heterocycles. The lowest BCUT2D eigenvalue weighted by molar-refractivity contribution is 0.192. The third kappa shape index (κ3) is 4.27. The summed E-state index contributed by atoms with van der Waals surface area (Å²) in [4.78, 5) is 7.38. The molecule has 0 bridgehead atoms. The van der Waals surface area contributed by atoms with Crippen LogP contribution in [0.15, 0.2) is 5.38 Å². The van der Waals surface area contributed by atoms with Crippen LogP contribution in [0.4, 0.5) is 0 Å². The molecular formula is C16H29N3S. The molecule has 1 aliphatic rings. The Bertz CT molecular complexity index is 414. The van der Waals surface area contributed by atoms with Gasteiger partial charge >= 0.3 is 0 Å². The molecule has 1 aromatic rings. The predicted molar refractivity (Wildman–Crippen MR) is 87.4 cm³/mol. The Balaban J connectivity index is 1.98. The maximum absolute atomic E-state index is 4.83. The van der Waals surface area contributed by atoms with Crippen LogP contribution in [-0.2, 0) is 12.0 Å². The summed E-state index contributed by atoms with van der Waals surface area (Å²) in [6, 6.07) is 1.23. The van der Waals surface area contributed by atoms with E-state index in [1.165, 1.54) is 30.1 Å². The lowest BCUT2D eigenvalue weighted by atomic mass is 9.98. The van der Waals surface area contributed by atoms with Crippen LogP contribution in [0.5, 0.6) is 0 Å². The second kappa shape index (κ2) is 6.54. The average molecular weight is 295 g/mol. The van der Waals surface area contributed by atoms with Crippen LogP contribution < -0.4 is 5.32 Å². The maximum atomic E-state index is 4.83. The third-order valence-corrected chi connectivity index (χ3v) is 5.22. The minimum atomic E-state index is 0.165. The van der Waals surface area contributed by atoms with Gasteiger partial charge in [-0.25, -0.2) is 4.98 Å². The van der Waals surface area contributed by atoms with Gasteiger partial charge in [0.05, 0.1) is 10.7 Å². The average Bonchev–Trinajstić information content (AvgIpc) is 2.97. The van der Waals surface area contributed by atoms with Crippen LogP contribution in [0.1, 0.15) is 58.2 Å². The Morgan fingerprint density at radius 1 is 1.45 bits per heavy atom. The molecule has 3 nitrogen and oxygen atoms in total. The SMILES string of the molecule is CC(C)N(Cc1csc(C(C)(C)C)n1)CC1CCCN1. The quantitative estimate of drug-likeness (QED) is 0.902. The van der Waals surface area contributed by atoms with E-state index in [9.17, 15) is 0 Å². The van der Waals surface area contributed by atoms with Crippen molar-refractivity contribution in [2.45, 2.75) is 71.5 Å². The molecule has 4 heteroatoms. The van der Waals surface area contributed by atoms with Gasteiger partial charge in [-0.3, -0.25) is 4.90 Å². The lowest BCUT2D eigenvalue weighted by Gasteiger charge is -2.28. The van der Waals surface area contributed by atoms with E-state index in [2.05, 4.69) is 50.2 Å². The summed E-state index contributed by atoms with van der Waals surface area (Å²) in [5.41, 5.74) is 1.39. The maximum Gasteiger partial charge on any atom is 0.0982 e. The van der Waals surface area contributed by atoms with Crippen LogP contribution in [0.25, 0.3) is 0 Å². The number of rotatable bonds is 5. The fourth-order valence-corrected chi connectivity index (χ4v) is 3.48. The molecule has 0 aromatic carbocycles. The number of nitrogens with one attached hydrogen (secondary N) is 1. The van der Waals surface area contributed by atoms with Gasteiger partial charge in [0, 0.05) is 36.0 Å². The highest BCUT2D eigenvalue weighted by molar-refractivity contribution is 7.09. The third-order valence-electron chi connectivity index (χ3n) is 3.91. The van der Waals surface area contributed by atoms with Crippen LogP contribution in [-0.4, -0.2) is 35.1 Å². The van der Waals surface area contributed by atoms with Gasteiger partial charge < -0.3 is 5.32 Å². The molecule has 1 N–H and O–H groups in total. The topological polar surface area (TPSA) is 28.2 Å². The van der Waals surface area contributed by atoms with E-state index in [0.29, 0.717) is 12.1 Å². The Morgan fingerprint density at radius 3 is 2.70 bits per heavy atom. The Morgan fingerprint density at radius 2 is 2.20 bits per heavy atom. The number of nitrogens with zero attached hydrogens (tertiary/aromatic N) is 2. The molecule has 0 radical (unpaired) electrons. The van der Waals surface area contributed by atoms with Crippen molar-refractivity contribution in [3.63, 3.8) is 0 Å². The van der Waals surface area contributed by atoms with Crippen molar-refractivity contribution in [2.24, 2.45) is 0 Å². The van der Waals surface area contributed by atoms with Crippen LogP contribution in [0.2, 0.25) is 0 Å². The molecule has 0 saturated carbocycles. The minimum Gasteiger partial charge on any atom is -0.313 e. The normalized spacial score (nSPS) is 20.2. The van der Waals surface area contributed by atoms with Crippen LogP contribution >= 0.6 is 11.3 Å². The predicted octanol–water partition coefficient (Wildman–Crippen LogP) is 3.40. The first-order valence-electron chi connectivity index (χ1n) is 7.78. The van der Waals surface area contributed by atoms with E-state index in [0.717, 1.165) is 13.1 Å². The van der Waals surface area contributed by atoms with E-state index < -0.39 is 0 Å². The fraction of sp³-hybridized carbons (Fsp3) is 0.812. The monoisotopic (exact) mass is 295 g/mol. The second-order valence-electron chi connectivity index (χ2n) is 7.21. The zero-order valence-electron chi connectivity index (χ0n) is 13.6.